The minimum atomic E-state index is -1.07. The lowest BCUT2D eigenvalue weighted by Crippen LogP contribution is -2.50. The third-order valence-electron chi connectivity index (χ3n) is 8.76. The number of ether oxygens (including phenoxy) is 2. The summed E-state index contributed by atoms with van der Waals surface area (Å²) in [5.74, 6) is 4.97. The number of nitrogens with zero attached hydrogens (tertiary/aromatic N) is 1. The Hall–Kier alpha value is -3.06. The highest BCUT2D eigenvalue weighted by Gasteiger charge is 2.39. The zero-order valence-electron chi connectivity index (χ0n) is 29.2. The van der Waals surface area contributed by atoms with Gasteiger partial charge in [-0.3, -0.25) is 4.79 Å². The molecule has 46 heavy (non-hydrogen) atoms. The molecule has 0 bridgehead atoms. The van der Waals surface area contributed by atoms with Crippen molar-refractivity contribution in [3.63, 3.8) is 0 Å². The van der Waals surface area contributed by atoms with Crippen LogP contribution in [0.15, 0.2) is 6.07 Å². The Morgan fingerprint density at radius 3 is 2.15 bits per heavy atom. The highest BCUT2D eigenvalue weighted by molar-refractivity contribution is 7.15. The maximum atomic E-state index is 14.2. The lowest BCUT2D eigenvalue weighted by molar-refractivity contribution is -0.154. The molecule has 2 fully saturated rings. The summed E-state index contributed by atoms with van der Waals surface area (Å²) in [4.78, 5) is 55.0. The molecule has 0 radical (unpaired) electrons. The predicted octanol–water partition coefficient (Wildman–Crippen LogP) is 7.80. The molecule has 0 aromatic carbocycles. The van der Waals surface area contributed by atoms with E-state index in [9.17, 15) is 24.3 Å². The van der Waals surface area contributed by atoms with Crippen molar-refractivity contribution < 1.29 is 33.8 Å². The molecular formula is C36H54N2O7S. The molecule has 1 aromatic rings. The van der Waals surface area contributed by atoms with E-state index in [1.165, 1.54) is 0 Å². The lowest BCUT2D eigenvalue weighted by atomic mass is 9.81. The second-order valence-electron chi connectivity index (χ2n) is 15.2. The van der Waals surface area contributed by atoms with E-state index in [2.05, 4.69) is 24.1 Å². The number of amides is 2. The van der Waals surface area contributed by atoms with E-state index in [1.807, 2.05) is 34.6 Å². The summed E-state index contributed by atoms with van der Waals surface area (Å²) >= 11 is 1.11. The van der Waals surface area contributed by atoms with E-state index >= 15 is 0 Å². The van der Waals surface area contributed by atoms with E-state index in [0.29, 0.717) is 48.6 Å². The van der Waals surface area contributed by atoms with E-state index in [4.69, 9.17) is 9.47 Å². The fourth-order valence-electron chi connectivity index (χ4n) is 5.99. The first-order valence-electron chi connectivity index (χ1n) is 16.8. The summed E-state index contributed by atoms with van der Waals surface area (Å²) in [5, 5.41) is 12.9. The van der Waals surface area contributed by atoms with Gasteiger partial charge in [0.05, 0.1) is 10.6 Å². The fourth-order valence-corrected chi connectivity index (χ4v) is 6.83. The highest BCUT2D eigenvalue weighted by Crippen LogP contribution is 2.39. The largest absolute Gasteiger partial charge is 0.477 e. The first kappa shape index (κ1) is 37.4. The lowest BCUT2D eigenvalue weighted by Gasteiger charge is -2.39. The molecule has 0 saturated heterocycles. The number of alkyl carbamates (subject to hydrolysis) is 1. The van der Waals surface area contributed by atoms with E-state index in [-0.39, 0.29) is 40.2 Å². The quantitative estimate of drug-likeness (QED) is 0.205. The standard InChI is InChI=1S/C36H54N2O7S/c1-10-23(3)29(37-34(43)45-36(7,8)9)33(42)44-26-17-15-25(16-18-26)38(31(39)24-13-11-22(2)12-14-24)28-21-27(19-20-35(4,5)6)46-30(28)32(40)41/h21-26,29H,10-18H2,1-9H3,(H,37,43)(H,40,41)/t22?,23-,24?,25?,26?,29-/m1/s1. The molecule has 256 valence electrons. The number of carbonyl (C=O) groups excluding carboxylic acids is 3. The van der Waals surface area contributed by atoms with Crippen molar-refractivity contribution in [3.05, 3.63) is 15.8 Å². The Labute approximate surface area is 279 Å². The van der Waals surface area contributed by atoms with Gasteiger partial charge in [0.1, 0.15) is 22.6 Å². The molecule has 0 spiro atoms. The van der Waals surface area contributed by atoms with Gasteiger partial charge in [0.15, 0.2) is 0 Å². The molecule has 0 unspecified atom stereocenters. The molecule has 2 amide bonds. The van der Waals surface area contributed by atoms with Crippen LogP contribution in [0.2, 0.25) is 0 Å². The Morgan fingerprint density at radius 2 is 1.63 bits per heavy atom. The molecule has 0 aliphatic heterocycles. The number of carboxylic acid groups (broad SMARTS) is 1. The number of hydrogen-bond acceptors (Lipinski definition) is 7. The summed E-state index contributed by atoms with van der Waals surface area (Å²) in [6.45, 7) is 17.3. The van der Waals surface area contributed by atoms with Crippen LogP contribution in [0.3, 0.4) is 0 Å². The van der Waals surface area contributed by atoms with Crippen molar-refractivity contribution in [2.24, 2.45) is 23.2 Å². The Morgan fingerprint density at radius 1 is 1.02 bits per heavy atom. The van der Waals surface area contributed by atoms with Crippen molar-refractivity contribution in [1.82, 2.24) is 5.32 Å². The van der Waals surface area contributed by atoms with Gasteiger partial charge in [0.2, 0.25) is 5.91 Å². The van der Waals surface area contributed by atoms with Gasteiger partial charge in [-0.15, -0.1) is 11.3 Å². The van der Waals surface area contributed by atoms with Crippen LogP contribution in [0.25, 0.3) is 0 Å². The number of esters is 1. The van der Waals surface area contributed by atoms with Gasteiger partial charge < -0.3 is 24.8 Å². The molecule has 2 atom stereocenters. The third-order valence-corrected chi connectivity index (χ3v) is 9.79. The molecule has 1 aromatic heterocycles. The van der Waals surface area contributed by atoms with Crippen LogP contribution in [0, 0.1) is 35.0 Å². The summed E-state index contributed by atoms with van der Waals surface area (Å²) in [6, 6.07) is 0.686. The number of aromatic carboxylic acids is 1. The van der Waals surface area contributed by atoms with Crippen molar-refractivity contribution in [3.8, 4) is 11.8 Å². The van der Waals surface area contributed by atoms with Gasteiger partial charge in [0, 0.05) is 17.4 Å². The van der Waals surface area contributed by atoms with Gasteiger partial charge in [-0.2, -0.15) is 0 Å². The summed E-state index contributed by atoms with van der Waals surface area (Å²) in [5.41, 5.74) is -0.541. The van der Waals surface area contributed by atoms with Gasteiger partial charge in [-0.05, 0) is 111 Å². The first-order chi connectivity index (χ1) is 21.4. The molecule has 1 heterocycles. The van der Waals surface area contributed by atoms with Crippen molar-refractivity contribution in [1.29, 1.82) is 0 Å². The number of thiophene rings is 1. The second kappa shape index (κ2) is 15.7. The van der Waals surface area contributed by atoms with Crippen molar-refractivity contribution in [2.45, 2.75) is 144 Å². The maximum absolute atomic E-state index is 14.2. The highest BCUT2D eigenvalue weighted by atomic mass is 32.1. The van der Waals surface area contributed by atoms with E-state index in [1.54, 1.807) is 31.7 Å². The minimum absolute atomic E-state index is 0.0265. The number of nitrogens with one attached hydrogen (secondary N) is 1. The zero-order chi connectivity index (χ0) is 34.4. The number of carboxylic acids is 1. The fraction of sp³-hybridized carbons (Fsp3) is 0.722. The number of rotatable bonds is 9. The smallest absolute Gasteiger partial charge is 0.408 e. The minimum Gasteiger partial charge on any atom is -0.477 e. The van der Waals surface area contributed by atoms with Crippen LogP contribution in [-0.2, 0) is 19.1 Å². The van der Waals surface area contributed by atoms with Gasteiger partial charge in [-0.1, -0.05) is 39.0 Å². The monoisotopic (exact) mass is 658 g/mol. The van der Waals surface area contributed by atoms with Crippen molar-refractivity contribution >= 4 is 41.0 Å². The van der Waals surface area contributed by atoms with Crippen LogP contribution < -0.4 is 10.2 Å². The Kier molecular flexibility index (Phi) is 12.8. The zero-order valence-corrected chi connectivity index (χ0v) is 30.0. The molecule has 2 aliphatic carbocycles. The molecule has 3 rings (SSSR count). The van der Waals surface area contributed by atoms with Crippen LogP contribution in [0.4, 0.5) is 10.5 Å². The molecule has 2 aliphatic rings. The molecule has 10 heteroatoms. The van der Waals surface area contributed by atoms with Crippen molar-refractivity contribution in [2.75, 3.05) is 4.90 Å². The Balaban J connectivity index is 1.82. The molecule has 9 nitrogen and oxygen atoms in total. The summed E-state index contributed by atoms with van der Waals surface area (Å²) in [7, 11) is 0. The average molecular weight is 659 g/mol. The first-order valence-corrected chi connectivity index (χ1v) is 17.6. The molecular weight excluding hydrogens is 604 g/mol. The molecule has 2 saturated carbocycles. The number of carbonyl (C=O) groups is 4. The van der Waals surface area contributed by atoms with Crippen LogP contribution in [-0.4, -0.2) is 52.8 Å². The van der Waals surface area contributed by atoms with Crippen LogP contribution in [0.1, 0.15) is 135 Å². The third kappa shape index (κ3) is 10.8. The van der Waals surface area contributed by atoms with Crippen LogP contribution >= 0.6 is 11.3 Å². The van der Waals surface area contributed by atoms with Gasteiger partial charge in [0.25, 0.3) is 0 Å². The summed E-state index contributed by atoms with van der Waals surface area (Å²) < 4.78 is 11.3. The SMILES string of the molecule is CC[C@@H](C)[C@@H](NC(=O)OC(C)(C)C)C(=O)OC1CCC(N(C(=O)C2CCC(C)CC2)c2cc(C#CC(C)(C)C)sc2C(=O)O)CC1. The van der Waals surface area contributed by atoms with Gasteiger partial charge >= 0.3 is 18.0 Å². The predicted molar refractivity (Wildman–Crippen MR) is 181 cm³/mol. The maximum Gasteiger partial charge on any atom is 0.408 e. The molecule has 2 N–H and O–H groups in total. The van der Waals surface area contributed by atoms with E-state index in [0.717, 1.165) is 37.0 Å². The number of anilines is 1. The van der Waals surface area contributed by atoms with Gasteiger partial charge in [-0.25, -0.2) is 14.4 Å². The average Bonchev–Trinajstić information content (AvgIpc) is 3.38. The van der Waals surface area contributed by atoms with Crippen LogP contribution in [0.5, 0.6) is 0 Å². The second-order valence-corrected chi connectivity index (χ2v) is 16.2. The topological polar surface area (TPSA) is 122 Å². The summed E-state index contributed by atoms with van der Waals surface area (Å²) in [6.07, 6.45) is 5.28. The normalized spacial score (nSPS) is 23.2. The Bertz CT molecular complexity index is 1300. The van der Waals surface area contributed by atoms with E-state index < -0.39 is 29.7 Å². The number of hydrogen-bond donors (Lipinski definition) is 2.